The summed E-state index contributed by atoms with van der Waals surface area (Å²) < 4.78 is 5.56. The van der Waals surface area contributed by atoms with E-state index in [0.29, 0.717) is 18.1 Å². The van der Waals surface area contributed by atoms with Crippen molar-refractivity contribution in [2.45, 2.75) is 32.7 Å². The Morgan fingerprint density at radius 1 is 1.37 bits per heavy atom. The molecule has 0 saturated heterocycles. The number of benzene rings is 1. The summed E-state index contributed by atoms with van der Waals surface area (Å²) in [5.41, 5.74) is 0.655. The molecule has 1 atom stereocenters. The monoisotopic (exact) mass is 283 g/mol. The van der Waals surface area contributed by atoms with Gasteiger partial charge >= 0.3 is 0 Å². The van der Waals surface area contributed by atoms with Crippen LogP contribution in [0.3, 0.4) is 0 Å². The molecule has 1 amide bonds. The largest absolute Gasteiger partial charge is 0.494 e. The van der Waals surface area contributed by atoms with Crippen LogP contribution in [0.1, 0.15) is 37.0 Å². The fourth-order valence-electron chi connectivity index (χ4n) is 1.54. The maximum absolute atomic E-state index is 12.1. The van der Waals surface area contributed by atoms with Crippen LogP contribution in [-0.2, 0) is 0 Å². The summed E-state index contributed by atoms with van der Waals surface area (Å²) in [7, 11) is 1.76. The van der Waals surface area contributed by atoms with Gasteiger partial charge in [-0.25, -0.2) is 0 Å². The Morgan fingerprint density at radius 2 is 2.00 bits per heavy atom. The van der Waals surface area contributed by atoms with Gasteiger partial charge in [-0.05, 0) is 37.6 Å². The summed E-state index contributed by atoms with van der Waals surface area (Å²) in [6.45, 7) is 4.76. The van der Waals surface area contributed by atoms with Crippen molar-refractivity contribution < 1.29 is 9.53 Å². The zero-order valence-electron chi connectivity index (χ0n) is 11.9. The maximum atomic E-state index is 12.1. The zero-order chi connectivity index (χ0) is 14.3. The van der Waals surface area contributed by atoms with Crippen LogP contribution in [-0.4, -0.2) is 36.4 Å². The average molecular weight is 284 g/mol. The van der Waals surface area contributed by atoms with Crippen molar-refractivity contribution in [2.75, 3.05) is 19.5 Å². The molecular formula is C15H22ClNO2. The summed E-state index contributed by atoms with van der Waals surface area (Å²) in [6, 6.07) is 7.28. The fraction of sp³-hybridized carbons (Fsp3) is 0.533. The molecule has 4 heteroatoms. The lowest BCUT2D eigenvalue weighted by Gasteiger charge is -2.23. The molecule has 0 fully saturated rings. The molecule has 0 spiro atoms. The molecule has 0 heterocycles. The Balaban J connectivity index is 2.62. The second-order valence-electron chi connectivity index (χ2n) is 4.65. The van der Waals surface area contributed by atoms with Gasteiger partial charge in [-0.15, -0.1) is 11.6 Å². The highest BCUT2D eigenvalue weighted by Gasteiger charge is 2.16. The number of carbonyl (C=O) groups is 1. The first-order valence-corrected chi connectivity index (χ1v) is 7.19. The minimum Gasteiger partial charge on any atom is -0.494 e. The molecule has 1 aromatic carbocycles. The van der Waals surface area contributed by atoms with E-state index in [1.165, 1.54) is 0 Å². The summed E-state index contributed by atoms with van der Waals surface area (Å²) in [5, 5.41) is 0. The van der Waals surface area contributed by atoms with Gasteiger partial charge in [0.15, 0.2) is 0 Å². The first-order chi connectivity index (χ1) is 9.10. The molecule has 0 aliphatic heterocycles. The Morgan fingerprint density at radius 3 is 2.53 bits per heavy atom. The van der Waals surface area contributed by atoms with Crippen LogP contribution >= 0.6 is 11.6 Å². The standard InChI is InChI=1S/C15H22ClNO2/c1-4-5-10-19-14-8-6-13(7-9-14)15(18)17(3)12(2)11-16/h6-9,12H,4-5,10-11H2,1-3H3. The summed E-state index contributed by atoms with van der Waals surface area (Å²) in [4.78, 5) is 13.8. The van der Waals surface area contributed by atoms with Crippen molar-refractivity contribution in [1.82, 2.24) is 4.90 Å². The molecule has 0 saturated carbocycles. The van der Waals surface area contributed by atoms with Crippen LogP contribution in [0.15, 0.2) is 24.3 Å². The normalized spacial score (nSPS) is 12.0. The highest BCUT2D eigenvalue weighted by atomic mass is 35.5. The molecule has 0 aliphatic carbocycles. The van der Waals surface area contributed by atoms with Gasteiger partial charge in [0.25, 0.3) is 5.91 Å². The third kappa shape index (κ3) is 4.75. The third-order valence-electron chi connectivity index (χ3n) is 3.07. The first kappa shape index (κ1) is 15.8. The first-order valence-electron chi connectivity index (χ1n) is 6.66. The molecule has 0 N–H and O–H groups in total. The smallest absolute Gasteiger partial charge is 0.253 e. The van der Waals surface area contributed by atoms with Crippen molar-refractivity contribution >= 4 is 17.5 Å². The van der Waals surface area contributed by atoms with Gasteiger partial charge in [0, 0.05) is 24.5 Å². The van der Waals surface area contributed by atoms with Gasteiger partial charge < -0.3 is 9.64 Å². The van der Waals surface area contributed by atoms with E-state index in [2.05, 4.69) is 6.92 Å². The third-order valence-corrected chi connectivity index (χ3v) is 3.52. The quantitative estimate of drug-likeness (QED) is 0.566. The molecule has 0 radical (unpaired) electrons. The van der Waals surface area contributed by atoms with Crippen molar-refractivity contribution in [2.24, 2.45) is 0 Å². The number of unbranched alkanes of at least 4 members (excludes halogenated alkanes) is 1. The van der Waals surface area contributed by atoms with Crippen LogP contribution in [0.2, 0.25) is 0 Å². The van der Waals surface area contributed by atoms with Gasteiger partial charge in [0.2, 0.25) is 0 Å². The fourth-order valence-corrected chi connectivity index (χ4v) is 1.74. The molecule has 19 heavy (non-hydrogen) atoms. The van der Waals surface area contributed by atoms with Gasteiger partial charge in [-0.3, -0.25) is 4.79 Å². The lowest BCUT2D eigenvalue weighted by atomic mass is 10.2. The van der Waals surface area contributed by atoms with E-state index in [4.69, 9.17) is 16.3 Å². The number of halogens is 1. The van der Waals surface area contributed by atoms with E-state index >= 15 is 0 Å². The molecule has 0 aromatic heterocycles. The SMILES string of the molecule is CCCCOc1ccc(C(=O)N(C)C(C)CCl)cc1. The van der Waals surface area contributed by atoms with Gasteiger partial charge in [0.05, 0.1) is 6.61 Å². The van der Waals surface area contributed by atoms with Crippen LogP contribution < -0.4 is 4.74 Å². The van der Waals surface area contributed by atoms with E-state index in [-0.39, 0.29) is 11.9 Å². The number of amides is 1. The van der Waals surface area contributed by atoms with E-state index in [1.807, 2.05) is 19.1 Å². The van der Waals surface area contributed by atoms with Crippen molar-refractivity contribution in [3.05, 3.63) is 29.8 Å². The summed E-state index contributed by atoms with van der Waals surface area (Å²) >= 11 is 5.76. The second kappa shape index (κ2) is 8.05. The molecule has 0 aliphatic rings. The molecule has 1 rings (SSSR count). The number of hydrogen-bond acceptors (Lipinski definition) is 2. The Hall–Kier alpha value is -1.22. The summed E-state index contributed by atoms with van der Waals surface area (Å²) in [6.07, 6.45) is 2.15. The maximum Gasteiger partial charge on any atom is 0.253 e. The van der Waals surface area contributed by atoms with Gasteiger partial charge in [0.1, 0.15) is 5.75 Å². The van der Waals surface area contributed by atoms with Crippen LogP contribution in [0.4, 0.5) is 0 Å². The van der Waals surface area contributed by atoms with Crippen molar-refractivity contribution in [3.63, 3.8) is 0 Å². The highest BCUT2D eigenvalue weighted by Crippen LogP contribution is 2.15. The minimum atomic E-state index is -0.0201. The number of rotatable bonds is 7. The number of alkyl halides is 1. The molecule has 106 valence electrons. The minimum absolute atomic E-state index is 0.0201. The highest BCUT2D eigenvalue weighted by molar-refractivity contribution is 6.18. The van der Waals surface area contributed by atoms with Crippen LogP contribution in [0.25, 0.3) is 0 Å². The number of carbonyl (C=O) groups excluding carboxylic acids is 1. The lowest BCUT2D eigenvalue weighted by Crippen LogP contribution is -2.36. The molecule has 1 unspecified atom stereocenters. The van der Waals surface area contributed by atoms with Crippen molar-refractivity contribution in [1.29, 1.82) is 0 Å². The zero-order valence-corrected chi connectivity index (χ0v) is 12.6. The van der Waals surface area contributed by atoms with Crippen molar-refractivity contribution in [3.8, 4) is 5.75 Å². The number of hydrogen-bond donors (Lipinski definition) is 0. The molecule has 3 nitrogen and oxygen atoms in total. The Bertz CT molecular complexity index is 392. The molecule has 1 aromatic rings. The predicted octanol–water partition coefficient (Wildman–Crippen LogP) is 3.56. The van der Waals surface area contributed by atoms with Crippen LogP contribution in [0.5, 0.6) is 5.75 Å². The topological polar surface area (TPSA) is 29.5 Å². The van der Waals surface area contributed by atoms with E-state index in [9.17, 15) is 4.79 Å². The Kier molecular flexibility index (Phi) is 6.71. The number of nitrogens with zero attached hydrogens (tertiary/aromatic N) is 1. The van der Waals surface area contributed by atoms with Crippen LogP contribution in [0, 0.1) is 0 Å². The van der Waals surface area contributed by atoms with Gasteiger partial charge in [-0.2, -0.15) is 0 Å². The number of ether oxygens (including phenoxy) is 1. The Labute approximate surface area is 120 Å². The summed E-state index contributed by atoms with van der Waals surface area (Å²) in [5.74, 6) is 1.21. The second-order valence-corrected chi connectivity index (χ2v) is 4.95. The van der Waals surface area contributed by atoms with Gasteiger partial charge in [-0.1, -0.05) is 13.3 Å². The van der Waals surface area contributed by atoms with E-state index in [1.54, 1.807) is 24.1 Å². The molecule has 0 bridgehead atoms. The molecular weight excluding hydrogens is 262 g/mol. The van der Waals surface area contributed by atoms with E-state index in [0.717, 1.165) is 18.6 Å². The lowest BCUT2D eigenvalue weighted by molar-refractivity contribution is 0.0756. The van der Waals surface area contributed by atoms with E-state index < -0.39 is 0 Å². The predicted molar refractivity (Wildman–Crippen MR) is 79.1 cm³/mol. The average Bonchev–Trinajstić information content (AvgIpc) is 2.46.